The third-order valence-electron chi connectivity index (χ3n) is 1.58. The average Bonchev–Trinajstić information content (AvgIpc) is 2.27. The van der Waals surface area contributed by atoms with E-state index in [-0.39, 0.29) is 5.69 Å². The molecule has 0 fully saturated rings. The van der Waals surface area contributed by atoms with Gasteiger partial charge >= 0.3 is 5.97 Å². The minimum atomic E-state index is -0.454. The molecule has 0 aromatic carbocycles. The van der Waals surface area contributed by atoms with E-state index in [4.69, 9.17) is 10.00 Å². The number of allylic oxidation sites excluding steroid dienone is 1. The number of hydrogen-bond acceptors (Lipinski definition) is 4. The monoisotopic (exact) mass is 202 g/mol. The molecule has 4 heteroatoms. The van der Waals surface area contributed by atoms with E-state index in [2.05, 4.69) is 4.98 Å². The molecule has 1 heterocycles. The Hall–Kier alpha value is -2.15. The van der Waals surface area contributed by atoms with Crippen LogP contribution in [0.25, 0.3) is 6.08 Å². The zero-order chi connectivity index (χ0) is 11.1. The first kappa shape index (κ1) is 10.9. The van der Waals surface area contributed by atoms with Crippen LogP contribution in [0.2, 0.25) is 0 Å². The summed E-state index contributed by atoms with van der Waals surface area (Å²) in [6.45, 7) is 2.05. The molecule has 1 aromatic heterocycles. The fourth-order valence-electron chi connectivity index (χ4n) is 0.986. The van der Waals surface area contributed by atoms with Crippen molar-refractivity contribution in [3.8, 4) is 6.07 Å². The maximum Gasteiger partial charge on any atom is 0.356 e. The normalized spacial score (nSPS) is 9.87. The Bertz CT molecular complexity index is 419. The van der Waals surface area contributed by atoms with Gasteiger partial charge in [0.2, 0.25) is 0 Å². The Morgan fingerprint density at radius 3 is 3.13 bits per heavy atom. The molecule has 0 unspecified atom stereocenters. The second kappa shape index (κ2) is 5.55. The summed E-state index contributed by atoms with van der Waals surface area (Å²) in [7, 11) is 0. The first-order valence-electron chi connectivity index (χ1n) is 4.48. The molecule has 4 nitrogen and oxygen atoms in total. The van der Waals surface area contributed by atoms with Gasteiger partial charge in [0.15, 0.2) is 0 Å². The number of aromatic nitrogens is 1. The first-order chi connectivity index (χ1) is 7.27. The maximum atomic E-state index is 11.3. The van der Waals surface area contributed by atoms with Crippen molar-refractivity contribution in [2.24, 2.45) is 0 Å². The van der Waals surface area contributed by atoms with Gasteiger partial charge in [0.1, 0.15) is 5.69 Å². The number of carbonyl (C=O) groups excluding carboxylic acids is 1. The molecular weight excluding hydrogens is 192 g/mol. The molecular formula is C11H10N2O2. The molecule has 0 saturated heterocycles. The van der Waals surface area contributed by atoms with Gasteiger partial charge in [-0.2, -0.15) is 5.26 Å². The molecule has 0 radical (unpaired) electrons. The summed E-state index contributed by atoms with van der Waals surface area (Å²) in [6.07, 6.45) is 2.83. The number of carbonyl (C=O) groups is 1. The Labute approximate surface area is 87.8 Å². The highest BCUT2D eigenvalue weighted by molar-refractivity contribution is 5.87. The lowest BCUT2D eigenvalue weighted by molar-refractivity contribution is 0.0519. The van der Waals surface area contributed by atoms with Crippen molar-refractivity contribution in [2.75, 3.05) is 6.61 Å². The SMILES string of the molecule is CCOC(=O)c1cccc(C=CC#N)n1. The lowest BCUT2D eigenvalue weighted by atomic mass is 10.3. The Kier molecular flexibility index (Phi) is 4.05. The summed E-state index contributed by atoms with van der Waals surface area (Å²) in [4.78, 5) is 15.3. The lowest BCUT2D eigenvalue weighted by Gasteiger charge is -2.00. The van der Waals surface area contributed by atoms with E-state index < -0.39 is 5.97 Å². The average molecular weight is 202 g/mol. The molecule has 0 amide bonds. The highest BCUT2D eigenvalue weighted by Gasteiger charge is 2.07. The van der Waals surface area contributed by atoms with Crippen molar-refractivity contribution in [1.82, 2.24) is 4.98 Å². The van der Waals surface area contributed by atoms with Crippen LogP contribution in [-0.2, 0) is 4.74 Å². The standard InChI is InChI=1S/C11H10N2O2/c1-2-15-11(14)10-7-3-5-9(13-10)6-4-8-12/h3-7H,2H2,1H3. The van der Waals surface area contributed by atoms with E-state index in [9.17, 15) is 4.79 Å². The summed E-state index contributed by atoms with van der Waals surface area (Å²) in [6, 6.07) is 6.82. The summed E-state index contributed by atoms with van der Waals surface area (Å²) in [5, 5.41) is 8.33. The predicted octanol–water partition coefficient (Wildman–Crippen LogP) is 1.80. The van der Waals surface area contributed by atoms with Crippen molar-refractivity contribution in [1.29, 1.82) is 5.26 Å². The molecule has 15 heavy (non-hydrogen) atoms. The van der Waals surface area contributed by atoms with Crippen LogP contribution in [0.3, 0.4) is 0 Å². The Morgan fingerprint density at radius 2 is 2.47 bits per heavy atom. The maximum absolute atomic E-state index is 11.3. The van der Waals surface area contributed by atoms with Crippen LogP contribution >= 0.6 is 0 Å². The van der Waals surface area contributed by atoms with E-state index in [1.807, 2.05) is 6.07 Å². The molecule has 0 N–H and O–H groups in total. The lowest BCUT2D eigenvalue weighted by Crippen LogP contribution is -2.07. The molecule has 1 rings (SSSR count). The number of nitriles is 1. The second-order valence-corrected chi connectivity index (χ2v) is 2.63. The minimum Gasteiger partial charge on any atom is -0.461 e. The zero-order valence-electron chi connectivity index (χ0n) is 8.30. The van der Waals surface area contributed by atoms with E-state index in [0.717, 1.165) is 0 Å². The molecule has 0 spiro atoms. The van der Waals surface area contributed by atoms with Crippen LogP contribution in [0, 0.1) is 11.3 Å². The number of nitrogens with zero attached hydrogens (tertiary/aromatic N) is 2. The number of pyridine rings is 1. The third-order valence-corrected chi connectivity index (χ3v) is 1.58. The minimum absolute atomic E-state index is 0.247. The molecule has 76 valence electrons. The number of hydrogen-bond donors (Lipinski definition) is 0. The molecule has 0 saturated carbocycles. The van der Waals surface area contributed by atoms with E-state index in [1.54, 1.807) is 25.1 Å². The van der Waals surface area contributed by atoms with Gasteiger partial charge in [0, 0.05) is 6.08 Å². The van der Waals surface area contributed by atoms with Gasteiger partial charge in [0.25, 0.3) is 0 Å². The smallest absolute Gasteiger partial charge is 0.356 e. The van der Waals surface area contributed by atoms with Gasteiger partial charge in [-0.3, -0.25) is 0 Å². The third kappa shape index (κ3) is 3.24. The summed E-state index contributed by atoms with van der Waals surface area (Å²) in [5.41, 5.74) is 0.805. The highest BCUT2D eigenvalue weighted by atomic mass is 16.5. The van der Waals surface area contributed by atoms with Crippen LogP contribution in [0.4, 0.5) is 0 Å². The van der Waals surface area contributed by atoms with Crippen molar-refractivity contribution < 1.29 is 9.53 Å². The molecule has 0 atom stereocenters. The Balaban J connectivity index is 2.88. The van der Waals surface area contributed by atoms with Gasteiger partial charge in [-0.05, 0) is 25.1 Å². The molecule has 0 aliphatic carbocycles. The Morgan fingerprint density at radius 1 is 1.67 bits per heavy atom. The van der Waals surface area contributed by atoms with Crippen LogP contribution in [-0.4, -0.2) is 17.6 Å². The summed E-state index contributed by atoms with van der Waals surface area (Å²) < 4.78 is 4.80. The van der Waals surface area contributed by atoms with Crippen molar-refractivity contribution in [3.63, 3.8) is 0 Å². The molecule has 1 aromatic rings. The van der Waals surface area contributed by atoms with Crippen LogP contribution in [0.5, 0.6) is 0 Å². The molecule has 0 bridgehead atoms. The first-order valence-corrected chi connectivity index (χ1v) is 4.48. The fourth-order valence-corrected chi connectivity index (χ4v) is 0.986. The van der Waals surface area contributed by atoms with Gasteiger partial charge in [-0.1, -0.05) is 6.07 Å². The number of esters is 1. The van der Waals surface area contributed by atoms with E-state index >= 15 is 0 Å². The quantitative estimate of drug-likeness (QED) is 0.553. The zero-order valence-corrected chi connectivity index (χ0v) is 8.30. The van der Waals surface area contributed by atoms with Crippen LogP contribution in [0.15, 0.2) is 24.3 Å². The number of rotatable bonds is 3. The van der Waals surface area contributed by atoms with Crippen molar-refractivity contribution in [3.05, 3.63) is 35.7 Å². The highest BCUT2D eigenvalue weighted by Crippen LogP contribution is 2.03. The van der Waals surface area contributed by atoms with Gasteiger partial charge in [0.05, 0.1) is 18.4 Å². The van der Waals surface area contributed by atoms with Gasteiger partial charge in [-0.25, -0.2) is 9.78 Å². The van der Waals surface area contributed by atoms with Crippen molar-refractivity contribution in [2.45, 2.75) is 6.92 Å². The van der Waals surface area contributed by atoms with E-state index in [0.29, 0.717) is 12.3 Å². The largest absolute Gasteiger partial charge is 0.461 e. The molecule has 0 aliphatic heterocycles. The predicted molar refractivity (Wildman–Crippen MR) is 54.8 cm³/mol. The van der Waals surface area contributed by atoms with Gasteiger partial charge < -0.3 is 4.74 Å². The van der Waals surface area contributed by atoms with Gasteiger partial charge in [-0.15, -0.1) is 0 Å². The molecule has 0 aliphatic rings. The fraction of sp³-hybridized carbons (Fsp3) is 0.182. The number of ether oxygens (including phenoxy) is 1. The van der Waals surface area contributed by atoms with Crippen LogP contribution < -0.4 is 0 Å². The topological polar surface area (TPSA) is 63.0 Å². The van der Waals surface area contributed by atoms with Crippen LogP contribution in [0.1, 0.15) is 23.1 Å². The van der Waals surface area contributed by atoms with Crippen molar-refractivity contribution >= 4 is 12.0 Å². The summed E-state index contributed by atoms with van der Waals surface area (Å²) >= 11 is 0. The second-order valence-electron chi connectivity index (χ2n) is 2.63. The summed E-state index contributed by atoms with van der Waals surface area (Å²) in [5.74, 6) is -0.454. The van der Waals surface area contributed by atoms with E-state index in [1.165, 1.54) is 12.2 Å².